The molecule has 0 spiro atoms. The van der Waals surface area contributed by atoms with Gasteiger partial charge in [-0.05, 0) is 30.0 Å². The van der Waals surface area contributed by atoms with Crippen LogP contribution in [0.1, 0.15) is 23.5 Å². The second-order valence-electron chi connectivity index (χ2n) is 3.34. The molecule has 0 aromatic heterocycles. The lowest BCUT2D eigenvalue weighted by molar-refractivity contribution is -0.138. The van der Waals surface area contributed by atoms with Gasteiger partial charge in [-0.2, -0.15) is 0 Å². The monoisotopic (exact) mass is 177 g/mol. The molecule has 0 heterocycles. The van der Waals surface area contributed by atoms with E-state index in [-0.39, 0.29) is 5.92 Å². The van der Waals surface area contributed by atoms with Crippen molar-refractivity contribution in [3.63, 3.8) is 0 Å². The van der Waals surface area contributed by atoms with Gasteiger partial charge in [-0.25, -0.2) is 0 Å². The van der Waals surface area contributed by atoms with Gasteiger partial charge in [0.2, 0.25) is 0 Å². The third kappa shape index (κ3) is 1.16. The molecule has 0 bridgehead atoms. The number of rotatable bonds is 1. The molecule has 68 valence electrons. The molecule has 1 aromatic carbocycles. The molecule has 0 unspecified atom stereocenters. The van der Waals surface area contributed by atoms with E-state index in [1.807, 2.05) is 18.2 Å². The van der Waals surface area contributed by atoms with Crippen LogP contribution in [-0.2, 0) is 11.2 Å². The highest BCUT2D eigenvalue weighted by Gasteiger charge is 2.28. The molecule has 3 nitrogen and oxygen atoms in total. The van der Waals surface area contributed by atoms with E-state index in [1.165, 1.54) is 0 Å². The molecule has 3 heteroatoms. The highest BCUT2D eigenvalue weighted by molar-refractivity contribution is 5.79. The van der Waals surface area contributed by atoms with E-state index in [0.717, 1.165) is 23.2 Å². The van der Waals surface area contributed by atoms with Gasteiger partial charge < -0.3 is 10.8 Å². The normalized spacial score (nSPS) is 19.8. The zero-order valence-electron chi connectivity index (χ0n) is 7.16. The van der Waals surface area contributed by atoms with E-state index in [0.29, 0.717) is 6.42 Å². The minimum Gasteiger partial charge on any atom is -0.481 e. The Balaban J connectivity index is 2.49. The van der Waals surface area contributed by atoms with Gasteiger partial charge in [0.05, 0.1) is 5.92 Å². The Kier molecular flexibility index (Phi) is 1.72. The van der Waals surface area contributed by atoms with Crippen LogP contribution in [0.25, 0.3) is 0 Å². The lowest BCUT2D eigenvalue weighted by Crippen LogP contribution is -2.07. The second kappa shape index (κ2) is 2.76. The van der Waals surface area contributed by atoms with Crippen LogP contribution in [0.5, 0.6) is 0 Å². The fourth-order valence-electron chi connectivity index (χ4n) is 1.94. The maximum atomic E-state index is 10.8. The van der Waals surface area contributed by atoms with Crippen molar-refractivity contribution in [2.24, 2.45) is 0 Å². The van der Waals surface area contributed by atoms with E-state index in [2.05, 4.69) is 0 Å². The summed E-state index contributed by atoms with van der Waals surface area (Å²) < 4.78 is 0. The van der Waals surface area contributed by atoms with Gasteiger partial charge >= 0.3 is 5.97 Å². The van der Waals surface area contributed by atoms with Crippen molar-refractivity contribution in [3.05, 3.63) is 29.3 Å². The van der Waals surface area contributed by atoms with Gasteiger partial charge in [0.1, 0.15) is 0 Å². The average molecular weight is 177 g/mol. The minimum absolute atomic E-state index is 0.349. The van der Waals surface area contributed by atoms with E-state index < -0.39 is 5.97 Å². The summed E-state index contributed by atoms with van der Waals surface area (Å²) >= 11 is 0. The molecule has 2 rings (SSSR count). The second-order valence-corrected chi connectivity index (χ2v) is 3.34. The van der Waals surface area contributed by atoms with Gasteiger partial charge in [-0.15, -0.1) is 0 Å². The first-order valence-corrected chi connectivity index (χ1v) is 4.30. The number of nitrogen functional groups attached to an aromatic ring is 1. The molecule has 0 saturated carbocycles. The number of carboxylic acid groups (broad SMARTS) is 1. The predicted molar refractivity (Wildman–Crippen MR) is 49.6 cm³/mol. The number of benzene rings is 1. The topological polar surface area (TPSA) is 63.3 Å². The number of nitrogens with two attached hydrogens (primary N) is 1. The standard InChI is InChI=1S/C10H11NO2/c11-9-3-1-2-6-7(9)4-5-8(6)10(12)13/h1-3,8H,4-5,11H2,(H,12,13)/t8-/m1/s1. The molecular formula is C10H11NO2. The number of hydrogen-bond acceptors (Lipinski definition) is 2. The first-order chi connectivity index (χ1) is 6.20. The highest BCUT2D eigenvalue weighted by atomic mass is 16.4. The molecular weight excluding hydrogens is 166 g/mol. The van der Waals surface area contributed by atoms with Gasteiger partial charge in [-0.1, -0.05) is 12.1 Å². The van der Waals surface area contributed by atoms with E-state index in [4.69, 9.17) is 10.8 Å². The Hall–Kier alpha value is -1.51. The Morgan fingerprint density at radius 3 is 3.00 bits per heavy atom. The number of fused-ring (bicyclic) bond motifs is 1. The van der Waals surface area contributed by atoms with E-state index in [1.54, 1.807) is 0 Å². The van der Waals surface area contributed by atoms with Gasteiger partial charge in [0.15, 0.2) is 0 Å². The fourth-order valence-corrected chi connectivity index (χ4v) is 1.94. The fraction of sp³-hybridized carbons (Fsp3) is 0.300. The van der Waals surface area contributed by atoms with E-state index in [9.17, 15) is 4.79 Å². The van der Waals surface area contributed by atoms with Crippen molar-refractivity contribution >= 4 is 11.7 Å². The molecule has 0 radical (unpaired) electrons. The van der Waals surface area contributed by atoms with Crippen LogP contribution in [0.4, 0.5) is 5.69 Å². The lowest BCUT2D eigenvalue weighted by atomic mass is 10.0. The largest absolute Gasteiger partial charge is 0.481 e. The Labute approximate surface area is 76.2 Å². The summed E-state index contributed by atoms with van der Waals surface area (Å²) in [5.41, 5.74) is 8.38. The zero-order chi connectivity index (χ0) is 9.42. The highest BCUT2D eigenvalue weighted by Crippen LogP contribution is 2.35. The molecule has 13 heavy (non-hydrogen) atoms. The van der Waals surface area contributed by atoms with E-state index >= 15 is 0 Å². The van der Waals surface area contributed by atoms with Crippen LogP contribution < -0.4 is 5.73 Å². The number of carbonyl (C=O) groups is 1. The minimum atomic E-state index is -0.746. The van der Waals surface area contributed by atoms with Crippen LogP contribution in [-0.4, -0.2) is 11.1 Å². The van der Waals surface area contributed by atoms with Crippen molar-refractivity contribution in [2.45, 2.75) is 18.8 Å². The summed E-state index contributed by atoms with van der Waals surface area (Å²) in [4.78, 5) is 10.8. The Morgan fingerprint density at radius 2 is 2.31 bits per heavy atom. The maximum absolute atomic E-state index is 10.8. The first-order valence-electron chi connectivity index (χ1n) is 4.30. The summed E-state index contributed by atoms with van der Waals surface area (Å²) in [6, 6.07) is 5.50. The number of hydrogen-bond donors (Lipinski definition) is 2. The summed E-state index contributed by atoms with van der Waals surface area (Å²) in [6.45, 7) is 0. The molecule has 0 fully saturated rings. The van der Waals surface area contributed by atoms with Crippen molar-refractivity contribution < 1.29 is 9.90 Å². The molecule has 1 aliphatic carbocycles. The average Bonchev–Trinajstić information content (AvgIpc) is 2.48. The van der Waals surface area contributed by atoms with Crippen molar-refractivity contribution in [2.75, 3.05) is 5.73 Å². The summed E-state index contributed by atoms with van der Waals surface area (Å²) in [5.74, 6) is -1.09. The molecule has 1 aliphatic rings. The third-order valence-corrected chi connectivity index (χ3v) is 2.61. The Bertz CT molecular complexity index is 360. The summed E-state index contributed by atoms with van der Waals surface area (Å²) in [5, 5.41) is 8.91. The molecule has 1 aromatic rings. The number of aliphatic carboxylic acids is 1. The molecule has 0 aliphatic heterocycles. The van der Waals surface area contributed by atoms with Crippen LogP contribution in [0.2, 0.25) is 0 Å². The quantitative estimate of drug-likeness (QED) is 0.637. The van der Waals surface area contributed by atoms with Gasteiger partial charge in [0, 0.05) is 5.69 Å². The molecule has 1 atom stereocenters. The summed E-state index contributed by atoms with van der Waals surface area (Å²) in [7, 11) is 0. The zero-order valence-corrected chi connectivity index (χ0v) is 7.16. The van der Waals surface area contributed by atoms with Crippen LogP contribution >= 0.6 is 0 Å². The van der Waals surface area contributed by atoms with Gasteiger partial charge in [0.25, 0.3) is 0 Å². The predicted octanol–water partition coefficient (Wildman–Crippen LogP) is 1.38. The molecule has 3 N–H and O–H groups in total. The Morgan fingerprint density at radius 1 is 1.54 bits per heavy atom. The van der Waals surface area contributed by atoms with Crippen molar-refractivity contribution in [1.82, 2.24) is 0 Å². The lowest BCUT2D eigenvalue weighted by Gasteiger charge is -2.06. The van der Waals surface area contributed by atoms with Crippen LogP contribution in [0.15, 0.2) is 18.2 Å². The van der Waals surface area contributed by atoms with Gasteiger partial charge in [-0.3, -0.25) is 4.79 Å². The SMILES string of the molecule is Nc1cccc2c1CC[C@H]2C(=O)O. The third-order valence-electron chi connectivity index (χ3n) is 2.61. The maximum Gasteiger partial charge on any atom is 0.310 e. The van der Waals surface area contributed by atoms with Crippen molar-refractivity contribution in [3.8, 4) is 0 Å². The van der Waals surface area contributed by atoms with Crippen LogP contribution in [0, 0.1) is 0 Å². The van der Waals surface area contributed by atoms with Crippen molar-refractivity contribution in [1.29, 1.82) is 0 Å². The summed E-state index contributed by atoms with van der Waals surface area (Å²) in [6.07, 6.45) is 1.47. The molecule has 0 amide bonds. The first kappa shape index (κ1) is 8.10. The molecule has 0 saturated heterocycles. The number of anilines is 1. The smallest absolute Gasteiger partial charge is 0.310 e. The van der Waals surface area contributed by atoms with Crippen LogP contribution in [0.3, 0.4) is 0 Å². The number of carboxylic acids is 1.